The van der Waals surface area contributed by atoms with Crippen LogP contribution >= 0.6 is 0 Å². The van der Waals surface area contributed by atoms with Gasteiger partial charge >= 0.3 is 0 Å². The first-order valence-electron chi connectivity index (χ1n) is 6.21. The smallest absolute Gasteiger partial charge is 0.0431 e. The summed E-state index contributed by atoms with van der Waals surface area (Å²) in [6, 6.07) is 10.6. The van der Waals surface area contributed by atoms with Gasteiger partial charge in [0.25, 0.3) is 0 Å². The highest BCUT2D eigenvalue weighted by Crippen LogP contribution is 2.12. The topological polar surface area (TPSA) is 32.3 Å². The van der Waals surface area contributed by atoms with Crippen molar-refractivity contribution in [2.24, 2.45) is 0 Å². The Bertz CT molecular complexity index is 261. The molecule has 1 rings (SSSR count). The summed E-state index contributed by atoms with van der Waals surface area (Å²) < 4.78 is 0. The van der Waals surface area contributed by atoms with Crippen molar-refractivity contribution in [3.05, 3.63) is 35.9 Å². The molecule has 0 radical (unpaired) electrons. The van der Waals surface area contributed by atoms with Crippen molar-refractivity contribution >= 4 is 0 Å². The lowest BCUT2D eigenvalue weighted by Crippen LogP contribution is -2.21. The molecule has 0 saturated heterocycles. The molecule has 0 aliphatic rings. The summed E-state index contributed by atoms with van der Waals surface area (Å²) in [7, 11) is 0. The van der Waals surface area contributed by atoms with E-state index in [0.29, 0.717) is 12.5 Å². The van der Waals surface area contributed by atoms with E-state index >= 15 is 0 Å². The van der Waals surface area contributed by atoms with Crippen LogP contribution in [0.2, 0.25) is 0 Å². The van der Waals surface area contributed by atoms with Gasteiger partial charge in [-0.05, 0) is 37.3 Å². The van der Waals surface area contributed by atoms with Gasteiger partial charge in [0, 0.05) is 13.2 Å². The van der Waals surface area contributed by atoms with Crippen LogP contribution in [0.4, 0.5) is 0 Å². The molecule has 0 heterocycles. The van der Waals surface area contributed by atoms with Crippen LogP contribution in [0.1, 0.15) is 37.7 Å². The second-order valence-corrected chi connectivity index (χ2v) is 4.30. The first-order chi connectivity index (χ1) is 7.84. The molecule has 16 heavy (non-hydrogen) atoms. The molecule has 1 atom stereocenters. The lowest BCUT2D eigenvalue weighted by atomic mass is 10.0. The number of nitrogens with one attached hydrogen (secondary N) is 1. The third-order valence-corrected chi connectivity index (χ3v) is 2.83. The molecule has 1 aromatic carbocycles. The van der Waals surface area contributed by atoms with E-state index < -0.39 is 0 Å². The first kappa shape index (κ1) is 13.2. The molecular formula is C14H23NO. The zero-order valence-corrected chi connectivity index (χ0v) is 10.2. The van der Waals surface area contributed by atoms with Crippen LogP contribution in [-0.4, -0.2) is 24.8 Å². The van der Waals surface area contributed by atoms with E-state index in [1.807, 2.05) is 0 Å². The molecule has 90 valence electrons. The number of hydrogen-bond donors (Lipinski definition) is 2. The van der Waals surface area contributed by atoms with Crippen LogP contribution in [0.25, 0.3) is 0 Å². The molecule has 0 saturated carbocycles. The van der Waals surface area contributed by atoms with E-state index in [4.69, 9.17) is 5.11 Å². The minimum atomic E-state index is 0.320. The van der Waals surface area contributed by atoms with E-state index in [-0.39, 0.29) is 0 Å². The number of unbranched alkanes of at least 4 members (excludes halogenated alkanes) is 2. The van der Waals surface area contributed by atoms with Crippen molar-refractivity contribution in [2.75, 3.05) is 19.7 Å². The van der Waals surface area contributed by atoms with Gasteiger partial charge in [0.2, 0.25) is 0 Å². The third kappa shape index (κ3) is 5.29. The zero-order valence-electron chi connectivity index (χ0n) is 10.2. The van der Waals surface area contributed by atoms with Gasteiger partial charge in [0.05, 0.1) is 0 Å². The highest BCUT2D eigenvalue weighted by atomic mass is 16.2. The van der Waals surface area contributed by atoms with Gasteiger partial charge in [-0.1, -0.05) is 37.3 Å². The number of rotatable bonds is 8. The second-order valence-electron chi connectivity index (χ2n) is 4.30. The van der Waals surface area contributed by atoms with Crippen LogP contribution in [0.15, 0.2) is 30.3 Å². The summed E-state index contributed by atoms with van der Waals surface area (Å²) in [5, 5.41) is 12.1. The van der Waals surface area contributed by atoms with E-state index in [9.17, 15) is 0 Å². The van der Waals surface area contributed by atoms with Gasteiger partial charge in [0.1, 0.15) is 0 Å². The summed E-state index contributed by atoms with van der Waals surface area (Å²) in [4.78, 5) is 0. The summed E-state index contributed by atoms with van der Waals surface area (Å²) in [5.74, 6) is 0.569. The van der Waals surface area contributed by atoms with Crippen LogP contribution in [0.3, 0.4) is 0 Å². The molecule has 2 nitrogen and oxygen atoms in total. The fraction of sp³-hybridized carbons (Fsp3) is 0.571. The largest absolute Gasteiger partial charge is 0.396 e. The maximum absolute atomic E-state index is 8.64. The minimum absolute atomic E-state index is 0.320. The Labute approximate surface area is 98.7 Å². The van der Waals surface area contributed by atoms with Crippen LogP contribution < -0.4 is 5.32 Å². The fourth-order valence-electron chi connectivity index (χ4n) is 1.76. The van der Waals surface area contributed by atoms with Crippen molar-refractivity contribution in [2.45, 2.75) is 32.1 Å². The van der Waals surface area contributed by atoms with Crippen LogP contribution in [0, 0.1) is 0 Å². The Hall–Kier alpha value is -0.860. The van der Waals surface area contributed by atoms with Gasteiger partial charge in [0.15, 0.2) is 0 Å². The third-order valence-electron chi connectivity index (χ3n) is 2.83. The average molecular weight is 221 g/mol. The summed E-state index contributed by atoms with van der Waals surface area (Å²) in [6.07, 6.45) is 3.20. The fourth-order valence-corrected chi connectivity index (χ4v) is 1.76. The lowest BCUT2D eigenvalue weighted by Gasteiger charge is -2.12. The second kappa shape index (κ2) is 8.31. The standard InChI is InChI=1S/C14H23NO/c1-13(14-8-4-2-5-9-14)12-15-10-6-3-7-11-16/h2,4-5,8-9,13,15-16H,3,6-7,10-12H2,1H3/t13-/m1/s1. The molecule has 0 unspecified atom stereocenters. The Morgan fingerprint density at radius 3 is 2.56 bits per heavy atom. The molecular weight excluding hydrogens is 198 g/mol. The Balaban J connectivity index is 2.09. The quantitative estimate of drug-likeness (QED) is 0.661. The monoisotopic (exact) mass is 221 g/mol. The molecule has 0 aromatic heterocycles. The Morgan fingerprint density at radius 1 is 1.12 bits per heavy atom. The average Bonchev–Trinajstić information content (AvgIpc) is 2.34. The summed E-state index contributed by atoms with van der Waals surface area (Å²) in [5.41, 5.74) is 1.39. The number of aliphatic hydroxyl groups is 1. The molecule has 1 aromatic rings. The van der Waals surface area contributed by atoms with Gasteiger partial charge in [-0.15, -0.1) is 0 Å². The molecule has 0 spiro atoms. The van der Waals surface area contributed by atoms with Gasteiger partial charge in [-0.3, -0.25) is 0 Å². The minimum Gasteiger partial charge on any atom is -0.396 e. The SMILES string of the molecule is C[C@H](CNCCCCCO)c1ccccc1. The predicted molar refractivity (Wildman–Crippen MR) is 68.7 cm³/mol. The first-order valence-corrected chi connectivity index (χ1v) is 6.21. The van der Waals surface area contributed by atoms with Crippen LogP contribution in [-0.2, 0) is 0 Å². The van der Waals surface area contributed by atoms with Crippen molar-refractivity contribution in [3.8, 4) is 0 Å². The number of aliphatic hydroxyl groups excluding tert-OH is 1. The molecule has 0 bridgehead atoms. The maximum Gasteiger partial charge on any atom is 0.0431 e. The number of hydrogen-bond acceptors (Lipinski definition) is 2. The van der Waals surface area contributed by atoms with Gasteiger partial charge in [-0.2, -0.15) is 0 Å². The Kier molecular flexibility index (Phi) is 6.86. The molecule has 0 aliphatic heterocycles. The van der Waals surface area contributed by atoms with Crippen molar-refractivity contribution in [3.63, 3.8) is 0 Å². The van der Waals surface area contributed by atoms with E-state index in [1.54, 1.807) is 0 Å². The van der Waals surface area contributed by atoms with E-state index in [2.05, 4.69) is 42.6 Å². The molecule has 2 heteroatoms. The van der Waals surface area contributed by atoms with Crippen molar-refractivity contribution in [1.82, 2.24) is 5.32 Å². The van der Waals surface area contributed by atoms with Crippen molar-refractivity contribution < 1.29 is 5.11 Å². The Morgan fingerprint density at radius 2 is 1.88 bits per heavy atom. The molecule has 0 fully saturated rings. The molecule has 2 N–H and O–H groups in total. The number of benzene rings is 1. The predicted octanol–water partition coefficient (Wildman–Crippen LogP) is 2.54. The van der Waals surface area contributed by atoms with E-state index in [1.165, 1.54) is 5.56 Å². The highest BCUT2D eigenvalue weighted by molar-refractivity contribution is 5.18. The van der Waals surface area contributed by atoms with Crippen LogP contribution in [0.5, 0.6) is 0 Å². The zero-order chi connectivity index (χ0) is 11.6. The highest BCUT2D eigenvalue weighted by Gasteiger charge is 2.03. The lowest BCUT2D eigenvalue weighted by molar-refractivity contribution is 0.283. The maximum atomic E-state index is 8.64. The van der Waals surface area contributed by atoms with Crippen molar-refractivity contribution in [1.29, 1.82) is 0 Å². The normalized spacial score (nSPS) is 12.6. The van der Waals surface area contributed by atoms with Gasteiger partial charge in [-0.25, -0.2) is 0 Å². The van der Waals surface area contributed by atoms with Gasteiger partial charge < -0.3 is 10.4 Å². The van der Waals surface area contributed by atoms with E-state index in [0.717, 1.165) is 32.4 Å². The molecule has 0 amide bonds. The molecule has 0 aliphatic carbocycles. The summed E-state index contributed by atoms with van der Waals surface area (Å²) >= 11 is 0. The summed E-state index contributed by atoms with van der Waals surface area (Å²) in [6.45, 7) is 4.65.